The number of nitrogens with zero attached hydrogens (tertiary/aromatic N) is 5. The van der Waals surface area contributed by atoms with Gasteiger partial charge in [0, 0.05) is 18.8 Å². The van der Waals surface area contributed by atoms with Crippen LogP contribution >= 0.6 is 0 Å². The molecule has 0 unspecified atom stereocenters. The number of morpholine rings is 1. The number of hydrogen-bond acceptors (Lipinski definition) is 7. The summed E-state index contributed by atoms with van der Waals surface area (Å²) in [5.74, 6) is -1.24. The second-order valence-corrected chi connectivity index (χ2v) is 8.71. The summed E-state index contributed by atoms with van der Waals surface area (Å²) in [6.07, 6.45) is 1.51. The second-order valence-electron chi connectivity index (χ2n) is 6.81. The molecular weight excluding hydrogens is 427 g/mol. The van der Waals surface area contributed by atoms with Crippen molar-refractivity contribution in [3.05, 3.63) is 60.2 Å². The van der Waals surface area contributed by atoms with Crippen LogP contribution in [-0.2, 0) is 26.0 Å². The second kappa shape index (κ2) is 8.88. The summed E-state index contributed by atoms with van der Waals surface area (Å²) < 4.78 is 47.6. The summed E-state index contributed by atoms with van der Waals surface area (Å²) in [6, 6.07) is 10.5. The van der Waals surface area contributed by atoms with Gasteiger partial charge >= 0.3 is 0 Å². The van der Waals surface area contributed by atoms with E-state index in [9.17, 15) is 17.6 Å². The van der Waals surface area contributed by atoms with E-state index in [1.54, 1.807) is 24.3 Å². The highest BCUT2D eigenvalue weighted by molar-refractivity contribution is 7.89. The first-order chi connectivity index (χ1) is 14.9. The van der Waals surface area contributed by atoms with Crippen molar-refractivity contribution < 1.29 is 22.3 Å². The first-order valence-electron chi connectivity index (χ1n) is 9.43. The molecule has 10 nitrogen and oxygen atoms in total. The highest BCUT2D eigenvalue weighted by Gasteiger charge is 2.29. The summed E-state index contributed by atoms with van der Waals surface area (Å²) in [4.78, 5) is 12.0. The molecule has 0 atom stereocenters. The van der Waals surface area contributed by atoms with Crippen molar-refractivity contribution >= 4 is 21.6 Å². The molecule has 1 aliphatic heterocycles. The maximum atomic E-state index is 14.3. The van der Waals surface area contributed by atoms with Crippen LogP contribution in [0.2, 0.25) is 0 Å². The molecule has 2 aromatic carbocycles. The van der Waals surface area contributed by atoms with Gasteiger partial charge in [0.15, 0.2) is 0 Å². The minimum absolute atomic E-state index is 0.0544. The molecule has 12 heteroatoms. The lowest BCUT2D eigenvalue weighted by Crippen LogP contribution is -2.40. The Balaban J connectivity index is 1.45. The number of benzene rings is 2. The summed E-state index contributed by atoms with van der Waals surface area (Å²) >= 11 is 0. The van der Waals surface area contributed by atoms with Gasteiger partial charge in [-0.05, 0) is 46.3 Å². The largest absolute Gasteiger partial charge is 0.379 e. The van der Waals surface area contributed by atoms with Crippen LogP contribution in [0.15, 0.2) is 53.7 Å². The first-order valence-corrected chi connectivity index (χ1v) is 10.9. The van der Waals surface area contributed by atoms with E-state index in [2.05, 4.69) is 20.8 Å². The lowest BCUT2D eigenvalue weighted by Gasteiger charge is -2.26. The van der Waals surface area contributed by atoms with Gasteiger partial charge in [0.25, 0.3) is 0 Å². The fraction of sp³-hybridized carbons (Fsp3) is 0.263. The van der Waals surface area contributed by atoms with Crippen molar-refractivity contribution in [3.63, 3.8) is 0 Å². The highest BCUT2D eigenvalue weighted by Crippen LogP contribution is 2.24. The molecule has 0 aliphatic carbocycles. The van der Waals surface area contributed by atoms with Crippen molar-refractivity contribution in [2.75, 3.05) is 31.6 Å². The highest BCUT2D eigenvalue weighted by atomic mass is 32.2. The molecule has 0 spiro atoms. The van der Waals surface area contributed by atoms with E-state index in [0.717, 1.165) is 23.4 Å². The number of aromatic nitrogens is 4. The van der Waals surface area contributed by atoms with Crippen molar-refractivity contribution in [2.24, 2.45) is 0 Å². The van der Waals surface area contributed by atoms with Crippen LogP contribution in [0.25, 0.3) is 5.69 Å². The van der Waals surface area contributed by atoms with Gasteiger partial charge in [0.1, 0.15) is 17.0 Å². The average molecular weight is 446 g/mol. The SMILES string of the molecule is O=C(Cc1ccc(-n2cnnn2)cc1)Nc1ccc(F)c(S(=O)(=O)N2CCOCC2)c1. The van der Waals surface area contributed by atoms with E-state index < -0.39 is 20.7 Å². The Labute approximate surface area is 177 Å². The number of hydrogen-bond donors (Lipinski definition) is 1. The van der Waals surface area contributed by atoms with Crippen LogP contribution in [0.1, 0.15) is 5.56 Å². The van der Waals surface area contributed by atoms with Crippen LogP contribution in [0, 0.1) is 5.82 Å². The number of carbonyl (C=O) groups is 1. The number of anilines is 1. The standard InChI is InChI=1S/C19H19FN6O4S/c20-17-6-3-15(12-18(17)31(28,29)25-7-9-30-10-8-25)22-19(27)11-14-1-4-16(5-2-14)26-13-21-23-24-26/h1-6,12-13H,7-11H2,(H,22,27). The summed E-state index contributed by atoms with van der Waals surface area (Å²) in [5, 5.41) is 13.5. The van der Waals surface area contributed by atoms with Gasteiger partial charge in [-0.25, -0.2) is 17.5 Å². The molecular formula is C19H19FN6O4S. The normalized spacial score (nSPS) is 15.0. The van der Waals surface area contributed by atoms with Gasteiger partial charge in [0.2, 0.25) is 15.9 Å². The summed E-state index contributed by atoms with van der Waals surface area (Å²) in [6.45, 7) is 0.811. The van der Waals surface area contributed by atoms with Crippen molar-refractivity contribution in [1.82, 2.24) is 24.5 Å². The zero-order chi connectivity index (χ0) is 21.8. The Kier molecular flexibility index (Phi) is 6.02. The zero-order valence-corrected chi connectivity index (χ0v) is 17.1. The number of nitrogens with one attached hydrogen (secondary N) is 1. The molecule has 1 fully saturated rings. The molecule has 1 aromatic heterocycles. The zero-order valence-electron chi connectivity index (χ0n) is 16.3. The lowest BCUT2D eigenvalue weighted by atomic mass is 10.1. The van der Waals surface area contributed by atoms with E-state index in [0.29, 0.717) is 0 Å². The van der Waals surface area contributed by atoms with Crippen LogP contribution in [0.3, 0.4) is 0 Å². The number of carbonyl (C=O) groups excluding carboxylic acids is 1. The van der Waals surface area contributed by atoms with Crippen molar-refractivity contribution in [2.45, 2.75) is 11.3 Å². The van der Waals surface area contributed by atoms with Gasteiger partial charge in [-0.1, -0.05) is 12.1 Å². The topological polar surface area (TPSA) is 119 Å². The predicted octanol–water partition coefficient (Wildman–Crippen LogP) is 1.00. The first kappa shape index (κ1) is 21.0. The summed E-state index contributed by atoms with van der Waals surface area (Å²) in [5.41, 5.74) is 1.67. The van der Waals surface area contributed by atoms with E-state index in [4.69, 9.17) is 4.74 Å². The maximum Gasteiger partial charge on any atom is 0.246 e. The molecule has 0 radical (unpaired) electrons. The smallest absolute Gasteiger partial charge is 0.246 e. The molecule has 0 bridgehead atoms. The molecule has 2 heterocycles. The van der Waals surface area contributed by atoms with Crippen LogP contribution in [0.5, 0.6) is 0 Å². The average Bonchev–Trinajstić information content (AvgIpc) is 3.31. The van der Waals surface area contributed by atoms with Gasteiger partial charge in [-0.3, -0.25) is 4.79 Å². The molecule has 1 aliphatic rings. The third-order valence-corrected chi connectivity index (χ3v) is 6.63. The van der Waals surface area contributed by atoms with Gasteiger partial charge < -0.3 is 10.1 Å². The van der Waals surface area contributed by atoms with E-state index in [1.165, 1.54) is 21.4 Å². The number of tetrazole rings is 1. The Morgan fingerprint density at radius 1 is 1.13 bits per heavy atom. The Morgan fingerprint density at radius 3 is 2.55 bits per heavy atom. The minimum Gasteiger partial charge on any atom is -0.379 e. The van der Waals surface area contributed by atoms with Crippen molar-refractivity contribution in [1.29, 1.82) is 0 Å². The molecule has 1 saturated heterocycles. The lowest BCUT2D eigenvalue weighted by molar-refractivity contribution is -0.115. The molecule has 162 valence electrons. The van der Waals surface area contributed by atoms with Crippen LogP contribution < -0.4 is 5.32 Å². The number of ether oxygens (including phenoxy) is 1. The molecule has 4 rings (SSSR count). The fourth-order valence-corrected chi connectivity index (χ4v) is 4.64. The Morgan fingerprint density at radius 2 is 1.87 bits per heavy atom. The minimum atomic E-state index is -4.03. The van der Waals surface area contributed by atoms with Crippen LogP contribution in [-0.4, -0.2) is 65.1 Å². The quantitative estimate of drug-likeness (QED) is 0.600. The van der Waals surface area contributed by atoms with Gasteiger partial charge in [-0.2, -0.15) is 4.31 Å². The third kappa shape index (κ3) is 4.76. The maximum absolute atomic E-state index is 14.3. The number of rotatable bonds is 6. The van der Waals surface area contributed by atoms with E-state index in [1.807, 2.05) is 0 Å². The molecule has 1 N–H and O–H groups in total. The van der Waals surface area contributed by atoms with Gasteiger partial charge in [0.05, 0.1) is 25.3 Å². The predicted molar refractivity (Wildman–Crippen MR) is 107 cm³/mol. The monoisotopic (exact) mass is 446 g/mol. The third-order valence-electron chi connectivity index (χ3n) is 4.72. The molecule has 3 aromatic rings. The number of halogens is 1. The van der Waals surface area contributed by atoms with Crippen LogP contribution in [0.4, 0.5) is 10.1 Å². The fourth-order valence-electron chi connectivity index (χ4n) is 3.14. The Hall–Kier alpha value is -3.22. The number of amides is 1. The van der Waals surface area contributed by atoms with Crippen molar-refractivity contribution in [3.8, 4) is 5.69 Å². The number of sulfonamides is 1. The molecule has 31 heavy (non-hydrogen) atoms. The molecule has 0 saturated carbocycles. The van der Waals surface area contributed by atoms with Gasteiger partial charge in [-0.15, -0.1) is 5.10 Å². The van der Waals surface area contributed by atoms with E-state index >= 15 is 0 Å². The summed E-state index contributed by atoms with van der Waals surface area (Å²) in [7, 11) is -4.03. The molecule has 1 amide bonds. The van der Waals surface area contributed by atoms with E-state index in [-0.39, 0.29) is 44.3 Å². The Bertz CT molecular complexity index is 1160.